The zero-order valence-electron chi connectivity index (χ0n) is 13.0. The van der Waals surface area contributed by atoms with Gasteiger partial charge in [-0.2, -0.15) is 0 Å². The van der Waals surface area contributed by atoms with Crippen molar-refractivity contribution in [1.82, 2.24) is 5.32 Å². The number of rotatable bonds is 3. The Bertz CT molecular complexity index is 453. The molecular formula is C18H28N2. The third-order valence-electron chi connectivity index (χ3n) is 5.27. The number of nitrogens with one attached hydrogen (secondary N) is 1. The molecule has 1 N–H and O–H groups in total. The monoisotopic (exact) mass is 272 g/mol. The third-order valence-corrected chi connectivity index (χ3v) is 5.27. The minimum Gasteiger partial charge on any atom is -0.368 e. The van der Waals surface area contributed by atoms with Crippen molar-refractivity contribution in [3.63, 3.8) is 0 Å². The lowest BCUT2D eigenvalue weighted by atomic mass is 9.78. The first-order chi connectivity index (χ1) is 9.79. The van der Waals surface area contributed by atoms with Crippen molar-refractivity contribution in [3.8, 4) is 0 Å². The van der Waals surface area contributed by atoms with Gasteiger partial charge < -0.3 is 10.2 Å². The van der Waals surface area contributed by atoms with Crippen LogP contribution in [0.4, 0.5) is 5.69 Å². The highest BCUT2D eigenvalue weighted by Crippen LogP contribution is 2.38. The van der Waals surface area contributed by atoms with Crippen LogP contribution in [0.25, 0.3) is 0 Å². The highest BCUT2D eigenvalue weighted by molar-refractivity contribution is 5.52. The highest BCUT2D eigenvalue weighted by atomic mass is 15.2. The number of fused-ring (bicyclic) bond motifs is 1. The molecule has 2 fully saturated rings. The maximum atomic E-state index is 3.26. The Labute approximate surface area is 123 Å². The number of hydrogen-bond acceptors (Lipinski definition) is 2. The van der Waals surface area contributed by atoms with E-state index in [1.807, 2.05) is 7.05 Å². The first kappa shape index (κ1) is 13.9. The molecule has 0 amide bonds. The predicted octanol–water partition coefficient (Wildman–Crippen LogP) is 3.87. The Hall–Kier alpha value is -1.02. The molecule has 0 aromatic heterocycles. The fourth-order valence-electron chi connectivity index (χ4n) is 4.19. The van der Waals surface area contributed by atoms with E-state index in [1.54, 1.807) is 0 Å². The van der Waals surface area contributed by atoms with Crippen LogP contribution in [0.5, 0.6) is 0 Å². The zero-order valence-corrected chi connectivity index (χ0v) is 13.0. The molecule has 1 saturated heterocycles. The molecule has 2 nitrogen and oxygen atoms in total. The van der Waals surface area contributed by atoms with E-state index in [4.69, 9.17) is 0 Å². The Morgan fingerprint density at radius 2 is 1.95 bits per heavy atom. The van der Waals surface area contributed by atoms with Gasteiger partial charge in [0.25, 0.3) is 0 Å². The molecule has 20 heavy (non-hydrogen) atoms. The number of benzene rings is 1. The van der Waals surface area contributed by atoms with E-state index in [9.17, 15) is 0 Å². The summed E-state index contributed by atoms with van der Waals surface area (Å²) in [4.78, 5) is 2.71. The third kappa shape index (κ3) is 2.71. The van der Waals surface area contributed by atoms with Gasteiger partial charge in [0.05, 0.1) is 0 Å². The summed E-state index contributed by atoms with van der Waals surface area (Å²) >= 11 is 0. The van der Waals surface area contributed by atoms with Crippen LogP contribution in [-0.4, -0.2) is 19.6 Å². The summed E-state index contributed by atoms with van der Waals surface area (Å²) in [5, 5.41) is 3.26. The topological polar surface area (TPSA) is 15.3 Å². The average Bonchev–Trinajstić information content (AvgIpc) is 2.49. The molecule has 1 heterocycles. The van der Waals surface area contributed by atoms with Crippen LogP contribution < -0.4 is 10.2 Å². The molecule has 2 atom stereocenters. The summed E-state index contributed by atoms with van der Waals surface area (Å²) in [5.74, 6) is 0.954. The van der Waals surface area contributed by atoms with E-state index in [-0.39, 0.29) is 0 Å². The number of anilines is 1. The van der Waals surface area contributed by atoms with Gasteiger partial charge >= 0.3 is 0 Å². The molecular weight excluding hydrogens is 244 g/mol. The van der Waals surface area contributed by atoms with Gasteiger partial charge in [-0.05, 0) is 68.8 Å². The van der Waals surface area contributed by atoms with Crippen molar-refractivity contribution in [3.05, 3.63) is 29.3 Å². The summed E-state index contributed by atoms with van der Waals surface area (Å²) in [7, 11) is 2.02. The van der Waals surface area contributed by atoms with Crippen molar-refractivity contribution in [2.24, 2.45) is 5.92 Å². The van der Waals surface area contributed by atoms with Crippen LogP contribution in [0.2, 0.25) is 0 Å². The molecule has 0 unspecified atom stereocenters. The molecule has 1 aromatic carbocycles. The molecule has 2 heteroatoms. The van der Waals surface area contributed by atoms with Gasteiger partial charge in [-0.15, -0.1) is 0 Å². The van der Waals surface area contributed by atoms with Crippen LogP contribution in [0, 0.1) is 12.8 Å². The number of piperidine rings is 1. The van der Waals surface area contributed by atoms with Gasteiger partial charge in [-0.1, -0.05) is 18.9 Å². The van der Waals surface area contributed by atoms with Gasteiger partial charge in [0.15, 0.2) is 0 Å². The van der Waals surface area contributed by atoms with E-state index < -0.39 is 0 Å². The zero-order chi connectivity index (χ0) is 13.9. The van der Waals surface area contributed by atoms with E-state index in [2.05, 4.69) is 35.3 Å². The fourth-order valence-corrected chi connectivity index (χ4v) is 4.19. The molecule has 3 rings (SSSR count). The fraction of sp³-hybridized carbons (Fsp3) is 0.667. The summed E-state index contributed by atoms with van der Waals surface area (Å²) < 4.78 is 0. The van der Waals surface area contributed by atoms with Crippen LogP contribution in [0.3, 0.4) is 0 Å². The molecule has 0 radical (unpaired) electrons. The Balaban J connectivity index is 1.82. The van der Waals surface area contributed by atoms with Gasteiger partial charge in [-0.3, -0.25) is 0 Å². The Morgan fingerprint density at radius 3 is 2.75 bits per heavy atom. The van der Waals surface area contributed by atoms with Crippen molar-refractivity contribution < 1.29 is 0 Å². The highest BCUT2D eigenvalue weighted by Gasteiger charge is 2.33. The van der Waals surface area contributed by atoms with Gasteiger partial charge in [0.1, 0.15) is 0 Å². The van der Waals surface area contributed by atoms with E-state index in [0.717, 1.165) is 18.5 Å². The molecule has 1 aliphatic heterocycles. The summed E-state index contributed by atoms with van der Waals surface area (Å²) in [6, 6.07) is 7.88. The van der Waals surface area contributed by atoms with E-state index >= 15 is 0 Å². The first-order valence-corrected chi connectivity index (χ1v) is 8.30. The first-order valence-electron chi connectivity index (χ1n) is 8.30. The van der Waals surface area contributed by atoms with Crippen LogP contribution in [-0.2, 0) is 6.54 Å². The number of nitrogens with zero attached hydrogens (tertiary/aromatic N) is 1. The second-order valence-corrected chi connectivity index (χ2v) is 6.59. The summed E-state index contributed by atoms with van der Waals surface area (Å²) in [6.07, 6.45) is 8.57. The minimum atomic E-state index is 0.812. The largest absolute Gasteiger partial charge is 0.368 e. The lowest BCUT2D eigenvalue weighted by Crippen LogP contribution is -2.46. The Kier molecular flexibility index (Phi) is 4.30. The average molecular weight is 272 g/mol. The van der Waals surface area contributed by atoms with Crippen LogP contribution in [0.15, 0.2) is 18.2 Å². The summed E-state index contributed by atoms with van der Waals surface area (Å²) in [5.41, 5.74) is 4.31. The smallest absolute Gasteiger partial charge is 0.0371 e. The van der Waals surface area contributed by atoms with Gasteiger partial charge in [0, 0.05) is 24.8 Å². The minimum absolute atomic E-state index is 0.812. The SMILES string of the molecule is CNCc1ccc(N2CCC[C@H]3CCCC[C@H]32)cc1C. The molecule has 1 aromatic rings. The van der Waals surface area contributed by atoms with Crippen molar-refractivity contribution in [1.29, 1.82) is 0 Å². The lowest BCUT2D eigenvalue weighted by molar-refractivity contribution is 0.244. The van der Waals surface area contributed by atoms with Crippen molar-refractivity contribution in [2.75, 3.05) is 18.5 Å². The maximum Gasteiger partial charge on any atom is 0.0371 e. The molecule has 1 saturated carbocycles. The number of hydrogen-bond donors (Lipinski definition) is 1. The Morgan fingerprint density at radius 1 is 1.15 bits per heavy atom. The predicted molar refractivity (Wildman–Crippen MR) is 86.3 cm³/mol. The molecule has 0 spiro atoms. The molecule has 1 aliphatic carbocycles. The van der Waals surface area contributed by atoms with Gasteiger partial charge in [0.2, 0.25) is 0 Å². The van der Waals surface area contributed by atoms with Crippen molar-refractivity contribution in [2.45, 2.75) is 58.0 Å². The van der Waals surface area contributed by atoms with Crippen molar-refractivity contribution >= 4 is 5.69 Å². The molecule has 0 bridgehead atoms. The molecule has 110 valence electrons. The second-order valence-electron chi connectivity index (χ2n) is 6.59. The quantitative estimate of drug-likeness (QED) is 0.898. The molecule has 2 aliphatic rings. The lowest BCUT2D eigenvalue weighted by Gasteiger charge is -2.45. The normalized spacial score (nSPS) is 26.4. The second kappa shape index (κ2) is 6.17. The van der Waals surface area contributed by atoms with Crippen LogP contribution in [0.1, 0.15) is 49.7 Å². The standard InChI is InChI=1S/C18H28N2/c1-14-12-17(10-9-16(14)13-19-2)20-11-5-7-15-6-3-4-8-18(15)20/h9-10,12,15,18-19H,3-8,11,13H2,1-2H3/t15-,18-/m1/s1. The number of aryl methyl sites for hydroxylation is 1. The van der Waals surface area contributed by atoms with Crippen LogP contribution >= 0.6 is 0 Å². The van der Waals surface area contributed by atoms with E-state index in [0.29, 0.717) is 0 Å². The summed E-state index contributed by atoms with van der Waals surface area (Å²) in [6.45, 7) is 4.47. The maximum absolute atomic E-state index is 3.26. The van der Waals surface area contributed by atoms with E-state index in [1.165, 1.54) is 61.9 Å². The van der Waals surface area contributed by atoms with Gasteiger partial charge in [-0.25, -0.2) is 0 Å².